The Morgan fingerprint density at radius 3 is 2.81 bits per heavy atom. The molecule has 16 heavy (non-hydrogen) atoms. The fraction of sp³-hybridized carbons (Fsp3) is 0.538. The molecular formula is C13H18FNO. The predicted molar refractivity (Wildman–Crippen MR) is 62.2 cm³/mol. The zero-order chi connectivity index (χ0) is 11.4. The van der Waals surface area contributed by atoms with Crippen LogP contribution >= 0.6 is 0 Å². The van der Waals surface area contributed by atoms with Gasteiger partial charge in [-0.15, -0.1) is 0 Å². The summed E-state index contributed by atoms with van der Waals surface area (Å²) < 4.78 is 14.0. The van der Waals surface area contributed by atoms with Crippen molar-refractivity contribution in [3.8, 4) is 5.75 Å². The van der Waals surface area contributed by atoms with Crippen LogP contribution in [0.1, 0.15) is 31.0 Å². The lowest BCUT2D eigenvalue weighted by Crippen LogP contribution is -2.28. The first-order chi connectivity index (χ1) is 7.75. The van der Waals surface area contributed by atoms with Crippen molar-refractivity contribution in [2.24, 2.45) is 5.92 Å². The minimum absolute atomic E-state index is 0.144. The molecule has 0 aromatic heterocycles. The summed E-state index contributed by atoms with van der Waals surface area (Å²) in [4.78, 5) is 0. The highest BCUT2D eigenvalue weighted by atomic mass is 19.1. The fourth-order valence-corrected chi connectivity index (χ4v) is 2.27. The lowest BCUT2D eigenvalue weighted by molar-refractivity contribution is 0.239. The Morgan fingerprint density at radius 2 is 2.12 bits per heavy atom. The van der Waals surface area contributed by atoms with Crippen LogP contribution in [0.3, 0.4) is 0 Å². The molecule has 1 aliphatic rings. The number of alkyl halides is 1. The summed E-state index contributed by atoms with van der Waals surface area (Å²) >= 11 is 0. The lowest BCUT2D eigenvalue weighted by Gasteiger charge is -2.24. The average Bonchev–Trinajstić information content (AvgIpc) is 2.30. The first-order valence-electron chi connectivity index (χ1n) is 5.89. The van der Waals surface area contributed by atoms with Gasteiger partial charge in [-0.05, 0) is 56.0 Å². The zero-order valence-corrected chi connectivity index (χ0v) is 9.32. The number of phenols is 1. The third kappa shape index (κ3) is 2.95. The number of hydrogen-bond acceptors (Lipinski definition) is 2. The molecule has 0 radical (unpaired) electrons. The van der Waals surface area contributed by atoms with Crippen LogP contribution < -0.4 is 5.32 Å². The minimum atomic E-state index is -0.949. The first kappa shape index (κ1) is 11.4. The molecule has 0 amide bonds. The van der Waals surface area contributed by atoms with Gasteiger partial charge < -0.3 is 10.4 Å². The van der Waals surface area contributed by atoms with E-state index in [1.807, 2.05) is 0 Å². The average molecular weight is 223 g/mol. The van der Waals surface area contributed by atoms with Gasteiger partial charge in [-0.1, -0.05) is 12.1 Å². The number of aromatic hydroxyl groups is 1. The number of nitrogens with one attached hydrogen (secondary N) is 1. The smallest absolute Gasteiger partial charge is 0.126 e. The second kappa shape index (κ2) is 5.30. The van der Waals surface area contributed by atoms with Gasteiger partial charge in [0.2, 0.25) is 0 Å². The Balaban J connectivity index is 1.94. The summed E-state index contributed by atoms with van der Waals surface area (Å²) in [7, 11) is 0. The number of rotatable bonds is 3. The van der Waals surface area contributed by atoms with Crippen molar-refractivity contribution < 1.29 is 9.50 Å². The highest BCUT2D eigenvalue weighted by Crippen LogP contribution is 2.30. The van der Waals surface area contributed by atoms with E-state index in [2.05, 4.69) is 5.32 Å². The van der Waals surface area contributed by atoms with Crippen molar-refractivity contribution in [2.75, 3.05) is 13.1 Å². The molecule has 2 nitrogen and oxygen atoms in total. The number of hydrogen-bond donors (Lipinski definition) is 2. The van der Waals surface area contributed by atoms with E-state index in [1.165, 1.54) is 6.07 Å². The van der Waals surface area contributed by atoms with Crippen molar-refractivity contribution in [2.45, 2.75) is 25.4 Å². The van der Waals surface area contributed by atoms with Crippen molar-refractivity contribution in [1.82, 2.24) is 5.32 Å². The summed E-state index contributed by atoms with van der Waals surface area (Å²) in [5.41, 5.74) is 0.596. The van der Waals surface area contributed by atoms with E-state index in [-0.39, 0.29) is 5.75 Å². The highest BCUT2D eigenvalue weighted by molar-refractivity contribution is 5.28. The molecular weight excluding hydrogens is 205 g/mol. The molecule has 1 heterocycles. The van der Waals surface area contributed by atoms with Gasteiger partial charge in [0, 0.05) is 0 Å². The second-order valence-corrected chi connectivity index (χ2v) is 4.49. The molecule has 1 aromatic rings. The van der Waals surface area contributed by atoms with Crippen LogP contribution in [0.2, 0.25) is 0 Å². The number of halogens is 1. The monoisotopic (exact) mass is 223 g/mol. The second-order valence-electron chi connectivity index (χ2n) is 4.49. The molecule has 2 N–H and O–H groups in total. The zero-order valence-electron chi connectivity index (χ0n) is 9.32. The molecule has 0 bridgehead atoms. The standard InChI is InChI=1S/C13H18FNO/c14-13(8-10-4-6-15-7-5-10)11-2-1-3-12(16)9-11/h1-3,9-10,13,15-16H,4-8H2. The van der Waals surface area contributed by atoms with Crippen molar-refractivity contribution in [3.05, 3.63) is 29.8 Å². The molecule has 1 saturated heterocycles. The maximum absolute atomic E-state index is 14.0. The summed E-state index contributed by atoms with van der Waals surface area (Å²) in [6, 6.07) is 6.53. The van der Waals surface area contributed by atoms with Crippen LogP contribution in [0.15, 0.2) is 24.3 Å². The lowest BCUT2D eigenvalue weighted by atomic mass is 9.90. The van der Waals surface area contributed by atoms with Gasteiger partial charge >= 0.3 is 0 Å². The van der Waals surface area contributed by atoms with Crippen LogP contribution in [0.4, 0.5) is 4.39 Å². The molecule has 1 unspecified atom stereocenters. The Labute approximate surface area is 95.5 Å². The van der Waals surface area contributed by atoms with Crippen LogP contribution in [0.25, 0.3) is 0 Å². The SMILES string of the molecule is Oc1cccc(C(F)CC2CCNCC2)c1. The Hall–Kier alpha value is -1.09. The Bertz CT molecular complexity index is 336. The van der Waals surface area contributed by atoms with Crippen LogP contribution in [-0.4, -0.2) is 18.2 Å². The van der Waals surface area contributed by atoms with Gasteiger partial charge in [-0.2, -0.15) is 0 Å². The Kier molecular flexibility index (Phi) is 3.78. The summed E-state index contributed by atoms with van der Waals surface area (Å²) in [5.74, 6) is 0.615. The molecule has 1 aliphatic heterocycles. The maximum Gasteiger partial charge on any atom is 0.126 e. The van der Waals surface area contributed by atoms with Crippen molar-refractivity contribution >= 4 is 0 Å². The molecule has 2 rings (SSSR count). The Morgan fingerprint density at radius 1 is 1.38 bits per heavy atom. The number of benzene rings is 1. The molecule has 0 aliphatic carbocycles. The van der Waals surface area contributed by atoms with Crippen LogP contribution in [0.5, 0.6) is 5.75 Å². The minimum Gasteiger partial charge on any atom is -0.508 e. The van der Waals surface area contributed by atoms with E-state index in [1.54, 1.807) is 18.2 Å². The molecule has 0 spiro atoms. The van der Waals surface area contributed by atoms with Gasteiger partial charge in [0.15, 0.2) is 0 Å². The van der Waals surface area contributed by atoms with Crippen molar-refractivity contribution in [1.29, 1.82) is 0 Å². The predicted octanol–water partition coefficient (Wildman–Crippen LogP) is 2.79. The molecule has 0 saturated carbocycles. The summed E-state index contributed by atoms with van der Waals surface area (Å²) in [6.45, 7) is 1.99. The van der Waals surface area contributed by atoms with Crippen molar-refractivity contribution in [3.63, 3.8) is 0 Å². The summed E-state index contributed by atoms with van der Waals surface area (Å²) in [5, 5.41) is 12.6. The van der Waals surface area contributed by atoms with Gasteiger partial charge in [-0.3, -0.25) is 0 Å². The molecule has 88 valence electrons. The van der Waals surface area contributed by atoms with E-state index in [9.17, 15) is 9.50 Å². The normalized spacial score (nSPS) is 19.6. The topological polar surface area (TPSA) is 32.3 Å². The quantitative estimate of drug-likeness (QED) is 0.825. The van der Waals surface area contributed by atoms with Gasteiger partial charge in [0.05, 0.1) is 0 Å². The van der Waals surface area contributed by atoms with E-state index in [4.69, 9.17) is 0 Å². The third-order valence-corrected chi connectivity index (χ3v) is 3.23. The molecule has 1 atom stereocenters. The molecule has 1 fully saturated rings. The number of piperidine rings is 1. The maximum atomic E-state index is 14.0. The van der Waals surface area contributed by atoms with Gasteiger partial charge in [-0.25, -0.2) is 4.39 Å². The van der Waals surface area contributed by atoms with Gasteiger partial charge in [0.1, 0.15) is 11.9 Å². The van der Waals surface area contributed by atoms with Crippen LogP contribution in [-0.2, 0) is 0 Å². The third-order valence-electron chi connectivity index (χ3n) is 3.23. The highest BCUT2D eigenvalue weighted by Gasteiger charge is 2.19. The largest absolute Gasteiger partial charge is 0.508 e. The van der Waals surface area contributed by atoms with Gasteiger partial charge in [0.25, 0.3) is 0 Å². The summed E-state index contributed by atoms with van der Waals surface area (Å²) in [6.07, 6.45) is 1.74. The van der Waals surface area contributed by atoms with E-state index in [0.717, 1.165) is 25.9 Å². The molecule has 3 heteroatoms. The van der Waals surface area contributed by atoms with Crippen LogP contribution in [0, 0.1) is 5.92 Å². The fourth-order valence-electron chi connectivity index (χ4n) is 2.27. The first-order valence-corrected chi connectivity index (χ1v) is 5.89. The van der Waals surface area contributed by atoms with E-state index < -0.39 is 6.17 Å². The van der Waals surface area contributed by atoms with E-state index >= 15 is 0 Å². The van der Waals surface area contributed by atoms with E-state index in [0.29, 0.717) is 17.9 Å². The number of phenolic OH excluding ortho intramolecular Hbond substituents is 1. The molecule has 1 aromatic carbocycles.